The average molecular weight is 419 g/mol. The number of carboxylic acid groups (broad SMARTS) is 2. The highest BCUT2D eigenvalue weighted by molar-refractivity contribution is 5.66. The van der Waals surface area contributed by atoms with E-state index in [1.165, 1.54) is 68.1 Å². The lowest BCUT2D eigenvalue weighted by atomic mass is 9.90. The Morgan fingerprint density at radius 2 is 1.07 bits per heavy atom. The van der Waals surface area contributed by atoms with Gasteiger partial charge >= 0.3 is 11.9 Å². The number of hydrogen-bond acceptors (Lipinski definition) is 2. The first-order valence-corrected chi connectivity index (χ1v) is 12.1. The SMILES string of the molecule is CCCCCCCCCCc1cccc(CCCCC(=O)O)c1CCCCC(=O)O. The molecule has 0 saturated carbocycles. The van der Waals surface area contributed by atoms with Gasteiger partial charge in [0.1, 0.15) is 0 Å². The van der Waals surface area contributed by atoms with Gasteiger partial charge < -0.3 is 10.2 Å². The van der Waals surface area contributed by atoms with Gasteiger partial charge in [0, 0.05) is 12.8 Å². The predicted molar refractivity (Wildman–Crippen MR) is 123 cm³/mol. The van der Waals surface area contributed by atoms with Crippen LogP contribution in [0.15, 0.2) is 18.2 Å². The minimum atomic E-state index is -0.729. The number of unbranched alkanes of at least 4 members (excludes halogenated alkanes) is 9. The molecule has 0 saturated heterocycles. The zero-order valence-corrected chi connectivity index (χ0v) is 19.0. The summed E-state index contributed by atoms with van der Waals surface area (Å²) < 4.78 is 0. The second-order valence-electron chi connectivity index (χ2n) is 8.48. The van der Waals surface area contributed by atoms with E-state index in [1.54, 1.807) is 0 Å². The van der Waals surface area contributed by atoms with Crippen LogP contribution in [0.4, 0.5) is 0 Å². The summed E-state index contributed by atoms with van der Waals surface area (Å²) in [5, 5.41) is 17.7. The molecule has 4 heteroatoms. The van der Waals surface area contributed by atoms with Gasteiger partial charge in [0.15, 0.2) is 0 Å². The number of hydrogen-bond donors (Lipinski definition) is 2. The molecule has 0 atom stereocenters. The highest BCUT2D eigenvalue weighted by atomic mass is 16.4. The molecule has 170 valence electrons. The summed E-state index contributed by atoms with van der Waals surface area (Å²) in [6.07, 6.45) is 17.1. The predicted octanol–water partition coefficient (Wildman–Crippen LogP) is 6.96. The number of aryl methyl sites for hydroxylation is 2. The highest BCUT2D eigenvalue weighted by Gasteiger charge is 2.10. The van der Waals surface area contributed by atoms with Crippen LogP contribution in [-0.2, 0) is 28.9 Å². The van der Waals surface area contributed by atoms with Gasteiger partial charge in [-0.25, -0.2) is 0 Å². The van der Waals surface area contributed by atoms with Gasteiger partial charge in [0.25, 0.3) is 0 Å². The minimum Gasteiger partial charge on any atom is -0.481 e. The van der Waals surface area contributed by atoms with E-state index >= 15 is 0 Å². The monoisotopic (exact) mass is 418 g/mol. The maximum Gasteiger partial charge on any atom is 0.303 e. The fraction of sp³-hybridized carbons (Fsp3) is 0.692. The molecule has 0 bridgehead atoms. The number of aliphatic carboxylic acids is 2. The van der Waals surface area contributed by atoms with Crippen molar-refractivity contribution in [1.82, 2.24) is 0 Å². The fourth-order valence-electron chi connectivity index (χ4n) is 4.10. The quantitative estimate of drug-likeness (QED) is 0.238. The smallest absolute Gasteiger partial charge is 0.303 e. The van der Waals surface area contributed by atoms with E-state index in [9.17, 15) is 9.59 Å². The van der Waals surface area contributed by atoms with Crippen LogP contribution >= 0.6 is 0 Å². The van der Waals surface area contributed by atoms with Gasteiger partial charge in [-0.1, -0.05) is 70.1 Å². The maximum absolute atomic E-state index is 10.8. The highest BCUT2D eigenvalue weighted by Crippen LogP contribution is 2.23. The first-order valence-electron chi connectivity index (χ1n) is 12.1. The Balaban J connectivity index is 2.57. The Bertz CT molecular complexity index is 609. The van der Waals surface area contributed by atoms with E-state index in [0.29, 0.717) is 12.8 Å². The van der Waals surface area contributed by atoms with Gasteiger partial charge in [-0.15, -0.1) is 0 Å². The molecule has 0 aliphatic heterocycles. The molecule has 1 rings (SSSR count). The molecule has 0 amide bonds. The molecule has 2 N–H and O–H groups in total. The summed E-state index contributed by atoms with van der Waals surface area (Å²) in [5.74, 6) is -1.46. The van der Waals surface area contributed by atoms with Gasteiger partial charge in [0.2, 0.25) is 0 Å². The normalized spacial score (nSPS) is 11.0. The molecule has 0 radical (unpaired) electrons. The molecule has 0 fully saturated rings. The Labute approximate surface area is 183 Å². The van der Waals surface area contributed by atoms with Crippen LogP contribution in [0.5, 0.6) is 0 Å². The number of rotatable bonds is 19. The summed E-state index contributed by atoms with van der Waals surface area (Å²) in [5.41, 5.74) is 4.13. The summed E-state index contributed by atoms with van der Waals surface area (Å²) >= 11 is 0. The minimum absolute atomic E-state index is 0.228. The lowest BCUT2D eigenvalue weighted by Gasteiger charge is -2.15. The van der Waals surface area contributed by atoms with E-state index in [2.05, 4.69) is 25.1 Å². The van der Waals surface area contributed by atoms with E-state index < -0.39 is 11.9 Å². The van der Waals surface area contributed by atoms with Crippen molar-refractivity contribution in [3.63, 3.8) is 0 Å². The number of benzene rings is 1. The third-order valence-corrected chi connectivity index (χ3v) is 5.82. The van der Waals surface area contributed by atoms with E-state index in [4.69, 9.17) is 10.2 Å². The van der Waals surface area contributed by atoms with Gasteiger partial charge in [-0.3, -0.25) is 9.59 Å². The Hall–Kier alpha value is -1.84. The van der Waals surface area contributed by atoms with Crippen LogP contribution in [0.25, 0.3) is 0 Å². The molecular weight excluding hydrogens is 376 g/mol. The van der Waals surface area contributed by atoms with Gasteiger partial charge in [-0.05, 0) is 68.1 Å². The molecule has 1 aromatic rings. The molecule has 30 heavy (non-hydrogen) atoms. The second-order valence-corrected chi connectivity index (χ2v) is 8.48. The second kappa shape index (κ2) is 16.9. The van der Waals surface area contributed by atoms with Crippen LogP contribution in [0.3, 0.4) is 0 Å². The third kappa shape index (κ3) is 12.7. The lowest BCUT2D eigenvalue weighted by molar-refractivity contribution is -0.138. The molecule has 4 nitrogen and oxygen atoms in total. The van der Waals surface area contributed by atoms with Gasteiger partial charge in [-0.2, -0.15) is 0 Å². The molecule has 0 spiro atoms. The summed E-state index contributed by atoms with van der Waals surface area (Å²) in [4.78, 5) is 21.6. The fourth-order valence-corrected chi connectivity index (χ4v) is 4.10. The zero-order chi connectivity index (χ0) is 22.0. The van der Waals surface area contributed by atoms with Crippen molar-refractivity contribution in [2.75, 3.05) is 0 Å². The van der Waals surface area contributed by atoms with Crippen molar-refractivity contribution in [3.05, 3.63) is 34.9 Å². The molecule has 0 aromatic heterocycles. The van der Waals surface area contributed by atoms with Crippen LogP contribution in [0, 0.1) is 0 Å². The van der Waals surface area contributed by atoms with Crippen molar-refractivity contribution >= 4 is 11.9 Å². The van der Waals surface area contributed by atoms with E-state index in [1.807, 2.05) is 0 Å². The average Bonchev–Trinajstić information content (AvgIpc) is 2.71. The van der Waals surface area contributed by atoms with Crippen molar-refractivity contribution in [1.29, 1.82) is 0 Å². The maximum atomic E-state index is 10.8. The largest absolute Gasteiger partial charge is 0.481 e. The van der Waals surface area contributed by atoms with Crippen molar-refractivity contribution in [2.45, 2.75) is 116 Å². The molecular formula is C26H42O4. The molecule has 0 unspecified atom stereocenters. The lowest BCUT2D eigenvalue weighted by Crippen LogP contribution is -2.03. The van der Waals surface area contributed by atoms with Crippen molar-refractivity contribution < 1.29 is 19.8 Å². The van der Waals surface area contributed by atoms with Crippen molar-refractivity contribution in [3.8, 4) is 0 Å². The summed E-state index contributed by atoms with van der Waals surface area (Å²) in [7, 11) is 0. The van der Waals surface area contributed by atoms with Crippen LogP contribution in [0.1, 0.15) is 114 Å². The standard InChI is InChI=1S/C26H42O4/c1-2-3-4-5-6-7-8-9-15-22-17-14-18-23(16-10-12-20-25(27)28)24(22)19-11-13-21-26(29)30/h14,17-18H,2-13,15-16,19-21H2,1H3,(H,27,28)(H,29,30). The van der Waals surface area contributed by atoms with Crippen LogP contribution in [0.2, 0.25) is 0 Å². The molecule has 1 aromatic carbocycles. The Morgan fingerprint density at radius 3 is 1.57 bits per heavy atom. The molecule has 0 aliphatic carbocycles. The molecule has 0 heterocycles. The molecule has 0 aliphatic rings. The summed E-state index contributed by atoms with van der Waals surface area (Å²) in [6, 6.07) is 6.53. The van der Waals surface area contributed by atoms with Gasteiger partial charge in [0.05, 0.1) is 0 Å². The number of carboxylic acids is 2. The zero-order valence-electron chi connectivity index (χ0n) is 19.0. The van der Waals surface area contributed by atoms with Crippen molar-refractivity contribution in [2.24, 2.45) is 0 Å². The Kier molecular flexibility index (Phi) is 14.8. The first kappa shape index (κ1) is 26.2. The number of carbonyl (C=O) groups is 2. The van der Waals surface area contributed by atoms with E-state index in [-0.39, 0.29) is 12.8 Å². The first-order chi connectivity index (χ1) is 14.5. The van der Waals surface area contributed by atoms with E-state index in [0.717, 1.165) is 32.1 Å². The van der Waals surface area contributed by atoms with Crippen LogP contribution < -0.4 is 0 Å². The Morgan fingerprint density at radius 1 is 0.633 bits per heavy atom. The topological polar surface area (TPSA) is 74.6 Å². The van der Waals surface area contributed by atoms with Crippen LogP contribution in [-0.4, -0.2) is 22.2 Å². The third-order valence-electron chi connectivity index (χ3n) is 5.82. The summed E-state index contributed by atoms with van der Waals surface area (Å²) in [6.45, 7) is 2.25.